The minimum absolute atomic E-state index is 0.195. The van der Waals surface area contributed by atoms with Crippen LogP contribution in [0.1, 0.15) is 0 Å². The molecule has 0 amide bonds. The van der Waals surface area contributed by atoms with Crippen molar-refractivity contribution in [1.82, 2.24) is 4.98 Å². The summed E-state index contributed by atoms with van der Waals surface area (Å²) in [6.07, 6.45) is 0. The number of hydrogen-bond acceptors (Lipinski definition) is 4. The summed E-state index contributed by atoms with van der Waals surface area (Å²) in [6, 6.07) is 8.03. The molecule has 0 bridgehead atoms. The zero-order chi connectivity index (χ0) is 13.1. The summed E-state index contributed by atoms with van der Waals surface area (Å²) < 4.78 is 23.4. The van der Waals surface area contributed by atoms with Gasteiger partial charge in [-0.3, -0.25) is 0 Å². The van der Waals surface area contributed by atoms with Gasteiger partial charge in [0.2, 0.25) is 0 Å². The maximum Gasteiger partial charge on any atom is 0.166 e. The summed E-state index contributed by atoms with van der Waals surface area (Å²) in [7, 11) is 2.93. The summed E-state index contributed by atoms with van der Waals surface area (Å²) in [5, 5.41) is 0. The van der Waals surface area contributed by atoms with Crippen LogP contribution in [0.25, 0.3) is 11.3 Å². The van der Waals surface area contributed by atoms with Crippen LogP contribution in [0.4, 0.5) is 10.2 Å². The topological polar surface area (TPSA) is 57.4 Å². The normalized spacial score (nSPS) is 10.2. The molecule has 94 valence electrons. The molecule has 0 fully saturated rings. The highest BCUT2D eigenvalue weighted by molar-refractivity contribution is 5.64. The summed E-state index contributed by atoms with van der Waals surface area (Å²) >= 11 is 0. The fourth-order valence-corrected chi connectivity index (χ4v) is 1.62. The number of benzene rings is 1. The third-order valence-corrected chi connectivity index (χ3v) is 2.55. The van der Waals surface area contributed by atoms with Gasteiger partial charge < -0.3 is 15.2 Å². The summed E-state index contributed by atoms with van der Waals surface area (Å²) in [4.78, 5) is 4.16. The van der Waals surface area contributed by atoms with Crippen molar-refractivity contribution in [1.29, 1.82) is 0 Å². The highest BCUT2D eigenvalue weighted by atomic mass is 19.1. The second-order valence-corrected chi connectivity index (χ2v) is 3.63. The van der Waals surface area contributed by atoms with Gasteiger partial charge in [-0.25, -0.2) is 9.37 Å². The first-order valence-corrected chi connectivity index (χ1v) is 5.30. The number of anilines is 1. The lowest BCUT2D eigenvalue weighted by molar-refractivity contribution is 0.386. The summed E-state index contributed by atoms with van der Waals surface area (Å²) in [6.45, 7) is 0. The van der Waals surface area contributed by atoms with Gasteiger partial charge >= 0.3 is 0 Å². The Hall–Kier alpha value is -2.30. The second kappa shape index (κ2) is 4.91. The first-order chi connectivity index (χ1) is 8.65. The molecule has 1 aromatic carbocycles. The van der Waals surface area contributed by atoms with E-state index in [9.17, 15) is 4.39 Å². The molecule has 2 N–H and O–H groups in total. The molecule has 4 nitrogen and oxygen atoms in total. The van der Waals surface area contributed by atoms with Gasteiger partial charge in [0, 0.05) is 5.56 Å². The van der Waals surface area contributed by atoms with Crippen LogP contribution in [0.2, 0.25) is 0 Å². The van der Waals surface area contributed by atoms with Gasteiger partial charge in [0.05, 0.1) is 19.9 Å². The van der Waals surface area contributed by atoms with Crippen molar-refractivity contribution in [3.05, 3.63) is 36.1 Å². The average molecular weight is 248 g/mol. The Morgan fingerprint density at radius 3 is 2.28 bits per heavy atom. The van der Waals surface area contributed by atoms with E-state index >= 15 is 0 Å². The van der Waals surface area contributed by atoms with E-state index in [1.807, 2.05) is 0 Å². The van der Waals surface area contributed by atoms with Crippen LogP contribution in [0.3, 0.4) is 0 Å². The van der Waals surface area contributed by atoms with Crippen molar-refractivity contribution in [3.63, 3.8) is 0 Å². The fourth-order valence-electron chi connectivity index (χ4n) is 1.62. The number of nitrogens with two attached hydrogens (primary N) is 1. The van der Waals surface area contributed by atoms with E-state index < -0.39 is 5.82 Å². The molecule has 0 unspecified atom stereocenters. The minimum Gasteiger partial charge on any atom is -0.494 e. The van der Waals surface area contributed by atoms with Crippen LogP contribution in [0, 0.1) is 5.82 Å². The van der Waals surface area contributed by atoms with Crippen LogP contribution < -0.4 is 15.2 Å². The van der Waals surface area contributed by atoms with E-state index in [4.69, 9.17) is 15.2 Å². The molecule has 0 spiro atoms. The molecule has 0 aliphatic heterocycles. The SMILES string of the molecule is COc1ccc(-c2ccc(OC)c(N)n2)cc1F. The molecule has 18 heavy (non-hydrogen) atoms. The molecule has 0 saturated heterocycles. The van der Waals surface area contributed by atoms with Crippen LogP contribution >= 0.6 is 0 Å². The number of nitrogen functional groups attached to an aromatic ring is 1. The number of halogens is 1. The lowest BCUT2D eigenvalue weighted by Crippen LogP contribution is -1.97. The second-order valence-electron chi connectivity index (χ2n) is 3.63. The van der Waals surface area contributed by atoms with Gasteiger partial charge in [0.15, 0.2) is 23.1 Å². The first-order valence-electron chi connectivity index (χ1n) is 5.30. The molecule has 0 radical (unpaired) electrons. The smallest absolute Gasteiger partial charge is 0.166 e. The average Bonchev–Trinajstić information content (AvgIpc) is 2.38. The van der Waals surface area contributed by atoms with Crippen molar-refractivity contribution < 1.29 is 13.9 Å². The van der Waals surface area contributed by atoms with Gasteiger partial charge in [0.1, 0.15) is 0 Å². The zero-order valence-electron chi connectivity index (χ0n) is 10.1. The molecule has 2 aromatic rings. The molecule has 2 rings (SSSR count). The zero-order valence-corrected chi connectivity index (χ0v) is 10.1. The van der Waals surface area contributed by atoms with Crippen molar-refractivity contribution in [2.75, 3.05) is 20.0 Å². The molecule has 0 saturated carbocycles. The van der Waals surface area contributed by atoms with Gasteiger partial charge in [-0.05, 0) is 30.3 Å². The Labute approximate surface area is 104 Å². The van der Waals surface area contributed by atoms with Gasteiger partial charge in [0.25, 0.3) is 0 Å². The first kappa shape index (κ1) is 12.2. The number of pyridine rings is 1. The minimum atomic E-state index is -0.439. The largest absolute Gasteiger partial charge is 0.494 e. The molecule has 5 heteroatoms. The fraction of sp³-hybridized carbons (Fsp3) is 0.154. The highest BCUT2D eigenvalue weighted by Crippen LogP contribution is 2.27. The number of methoxy groups -OCH3 is 2. The molecular weight excluding hydrogens is 235 g/mol. The standard InChI is InChI=1S/C13H13FN2O2/c1-17-11-5-3-8(7-9(11)14)10-4-6-12(18-2)13(15)16-10/h3-7H,1-2H3,(H2,15,16). The molecule has 1 heterocycles. The van der Waals surface area contributed by atoms with E-state index in [1.165, 1.54) is 20.3 Å². The van der Waals surface area contributed by atoms with Gasteiger partial charge in [-0.1, -0.05) is 0 Å². The van der Waals surface area contributed by atoms with E-state index in [-0.39, 0.29) is 11.6 Å². The number of aromatic nitrogens is 1. The van der Waals surface area contributed by atoms with Crippen LogP contribution in [-0.2, 0) is 0 Å². The summed E-state index contributed by atoms with van der Waals surface area (Å²) in [5.74, 6) is 0.519. The lowest BCUT2D eigenvalue weighted by Gasteiger charge is -2.07. The summed E-state index contributed by atoms with van der Waals surface area (Å²) in [5.41, 5.74) is 6.91. The third-order valence-electron chi connectivity index (χ3n) is 2.55. The quantitative estimate of drug-likeness (QED) is 0.906. The van der Waals surface area contributed by atoms with Gasteiger partial charge in [-0.15, -0.1) is 0 Å². The Morgan fingerprint density at radius 1 is 1.06 bits per heavy atom. The number of nitrogens with zero attached hydrogens (tertiary/aromatic N) is 1. The number of hydrogen-bond donors (Lipinski definition) is 1. The Morgan fingerprint density at radius 2 is 1.72 bits per heavy atom. The molecule has 1 aromatic heterocycles. The van der Waals surface area contributed by atoms with E-state index in [2.05, 4.69) is 4.98 Å². The van der Waals surface area contributed by atoms with Crippen LogP contribution in [-0.4, -0.2) is 19.2 Å². The molecular formula is C13H13FN2O2. The molecule has 0 atom stereocenters. The van der Waals surface area contributed by atoms with Crippen LogP contribution in [0.15, 0.2) is 30.3 Å². The Bertz CT molecular complexity index is 521. The number of ether oxygens (including phenoxy) is 2. The highest BCUT2D eigenvalue weighted by Gasteiger charge is 2.08. The van der Waals surface area contributed by atoms with Crippen LogP contribution in [0.5, 0.6) is 11.5 Å². The van der Waals surface area contributed by atoms with E-state index in [0.29, 0.717) is 17.0 Å². The predicted octanol–water partition coefficient (Wildman–Crippen LogP) is 2.49. The number of rotatable bonds is 3. The van der Waals surface area contributed by atoms with Crippen molar-refractivity contribution >= 4 is 5.82 Å². The maximum atomic E-state index is 13.6. The van der Waals surface area contributed by atoms with E-state index in [1.54, 1.807) is 24.3 Å². The Balaban J connectivity index is 2.42. The maximum absolute atomic E-state index is 13.6. The van der Waals surface area contributed by atoms with Crippen molar-refractivity contribution in [2.24, 2.45) is 0 Å². The van der Waals surface area contributed by atoms with Crippen molar-refractivity contribution in [3.8, 4) is 22.8 Å². The Kier molecular flexibility index (Phi) is 3.32. The molecule has 0 aliphatic rings. The van der Waals surface area contributed by atoms with Crippen molar-refractivity contribution in [2.45, 2.75) is 0 Å². The van der Waals surface area contributed by atoms with Gasteiger partial charge in [-0.2, -0.15) is 0 Å². The monoisotopic (exact) mass is 248 g/mol. The predicted molar refractivity (Wildman–Crippen MR) is 67.1 cm³/mol. The molecule has 0 aliphatic carbocycles. The lowest BCUT2D eigenvalue weighted by atomic mass is 10.1. The third kappa shape index (κ3) is 2.20. The van der Waals surface area contributed by atoms with E-state index in [0.717, 1.165) is 0 Å².